The number of rotatable bonds is 8. The molecule has 0 unspecified atom stereocenters. The molecule has 0 fully saturated rings. The SMILES string of the molecule is CC(C)(C)OC(=O)NCCCCNC(=O)c1ccc(NC=O)cc1. The Morgan fingerprint density at radius 2 is 1.62 bits per heavy atom. The minimum absolute atomic E-state index is 0.173. The molecule has 24 heavy (non-hydrogen) atoms. The quantitative estimate of drug-likeness (QED) is 0.501. The van der Waals surface area contributed by atoms with Crippen molar-refractivity contribution >= 4 is 24.1 Å². The maximum atomic E-state index is 11.9. The summed E-state index contributed by atoms with van der Waals surface area (Å²) in [6, 6.07) is 6.61. The van der Waals surface area contributed by atoms with E-state index in [9.17, 15) is 14.4 Å². The first kappa shape index (κ1) is 19.5. The molecule has 0 atom stereocenters. The Balaban J connectivity index is 2.17. The fourth-order valence-corrected chi connectivity index (χ4v) is 1.84. The van der Waals surface area contributed by atoms with Crippen molar-refractivity contribution in [2.75, 3.05) is 18.4 Å². The maximum absolute atomic E-state index is 11.9. The molecule has 0 aliphatic carbocycles. The molecule has 0 bridgehead atoms. The second-order valence-electron chi connectivity index (χ2n) is 6.23. The molecular formula is C17H25N3O4. The van der Waals surface area contributed by atoms with Gasteiger partial charge in [0.2, 0.25) is 6.41 Å². The molecular weight excluding hydrogens is 310 g/mol. The molecule has 7 nitrogen and oxygen atoms in total. The smallest absolute Gasteiger partial charge is 0.407 e. The van der Waals surface area contributed by atoms with Gasteiger partial charge in [0.05, 0.1) is 0 Å². The van der Waals surface area contributed by atoms with Crippen molar-refractivity contribution in [1.82, 2.24) is 10.6 Å². The van der Waals surface area contributed by atoms with E-state index in [4.69, 9.17) is 4.74 Å². The first-order valence-electron chi connectivity index (χ1n) is 7.87. The molecule has 132 valence electrons. The third kappa shape index (κ3) is 8.17. The summed E-state index contributed by atoms with van der Waals surface area (Å²) in [5, 5.41) is 7.98. The van der Waals surface area contributed by atoms with Crippen LogP contribution in [0.15, 0.2) is 24.3 Å². The number of benzene rings is 1. The lowest BCUT2D eigenvalue weighted by Gasteiger charge is -2.19. The maximum Gasteiger partial charge on any atom is 0.407 e. The van der Waals surface area contributed by atoms with Gasteiger partial charge in [0, 0.05) is 24.3 Å². The Kier molecular flexibility index (Phi) is 7.74. The highest BCUT2D eigenvalue weighted by Gasteiger charge is 2.15. The van der Waals surface area contributed by atoms with Crippen molar-refractivity contribution in [3.05, 3.63) is 29.8 Å². The summed E-state index contributed by atoms with van der Waals surface area (Å²) in [7, 11) is 0. The molecule has 3 N–H and O–H groups in total. The molecule has 0 saturated carbocycles. The fourth-order valence-electron chi connectivity index (χ4n) is 1.84. The van der Waals surface area contributed by atoms with E-state index < -0.39 is 11.7 Å². The van der Waals surface area contributed by atoms with Crippen LogP contribution in [0.2, 0.25) is 0 Å². The predicted octanol–water partition coefficient (Wildman–Crippen LogP) is 2.29. The van der Waals surface area contributed by atoms with Crippen LogP contribution in [0.1, 0.15) is 44.0 Å². The van der Waals surface area contributed by atoms with Crippen molar-refractivity contribution in [3.8, 4) is 0 Å². The molecule has 1 aromatic carbocycles. The van der Waals surface area contributed by atoms with Crippen molar-refractivity contribution in [2.45, 2.75) is 39.2 Å². The van der Waals surface area contributed by atoms with E-state index in [1.807, 2.05) is 20.8 Å². The summed E-state index contributed by atoms with van der Waals surface area (Å²) >= 11 is 0. The zero-order valence-corrected chi connectivity index (χ0v) is 14.3. The molecule has 0 saturated heterocycles. The van der Waals surface area contributed by atoms with Gasteiger partial charge in [0.15, 0.2) is 0 Å². The molecule has 1 aromatic rings. The molecule has 7 heteroatoms. The topological polar surface area (TPSA) is 96.5 Å². The molecule has 0 spiro atoms. The predicted molar refractivity (Wildman–Crippen MR) is 91.9 cm³/mol. The Morgan fingerprint density at radius 3 is 2.17 bits per heavy atom. The number of ether oxygens (including phenoxy) is 1. The van der Waals surface area contributed by atoms with Crippen LogP contribution in [0, 0.1) is 0 Å². The van der Waals surface area contributed by atoms with E-state index in [0.29, 0.717) is 30.8 Å². The second kappa shape index (κ2) is 9.54. The Morgan fingerprint density at radius 1 is 1.04 bits per heavy atom. The normalized spacial score (nSPS) is 10.6. The average molecular weight is 335 g/mol. The lowest BCUT2D eigenvalue weighted by molar-refractivity contribution is -0.105. The highest BCUT2D eigenvalue weighted by Crippen LogP contribution is 2.08. The van der Waals surface area contributed by atoms with Crippen LogP contribution in [-0.2, 0) is 9.53 Å². The summed E-state index contributed by atoms with van der Waals surface area (Å²) < 4.78 is 5.12. The number of carbonyl (C=O) groups excluding carboxylic acids is 3. The number of carbonyl (C=O) groups is 3. The Labute approximate surface area is 142 Å². The highest BCUT2D eigenvalue weighted by atomic mass is 16.6. The molecule has 1 rings (SSSR count). The third-order valence-corrected chi connectivity index (χ3v) is 2.93. The van der Waals surface area contributed by atoms with Gasteiger partial charge in [-0.15, -0.1) is 0 Å². The van der Waals surface area contributed by atoms with Crippen molar-refractivity contribution in [3.63, 3.8) is 0 Å². The van der Waals surface area contributed by atoms with Gasteiger partial charge in [0.1, 0.15) is 5.60 Å². The number of amides is 3. The first-order valence-corrected chi connectivity index (χ1v) is 7.87. The lowest BCUT2D eigenvalue weighted by atomic mass is 10.2. The minimum Gasteiger partial charge on any atom is -0.444 e. The number of unbranched alkanes of at least 4 members (excludes halogenated alkanes) is 1. The van der Waals surface area contributed by atoms with Crippen molar-refractivity contribution in [2.24, 2.45) is 0 Å². The van der Waals surface area contributed by atoms with Gasteiger partial charge in [-0.2, -0.15) is 0 Å². The van der Waals surface area contributed by atoms with Crippen LogP contribution in [0.4, 0.5) is 10.5 Å². The summed E-state index contributed by atoms with van der Waals surface area (Å²) in [5.41, 5.74) is 0.655. The summed E-state index contributed by atoms with van der Waals surface area (Å²) in [6.07, 6.45) is 1.63. The van der Waals surface area contributed by atoms with Gasteiger partial charge in [0.25, 0.3) is 5.91 Å². The molecule has 0 aliphatic rings. The van der Waals surface area contributed by atoms with Gasteiger partial charge in [-0.1, -0.05) is 0 Å². The third-order valence-electron chi connectivity index (χ3n) is 2.93. The van der Waals surface area contributed by atoms with Crippen LogP contribution in [0.25, 0.3) is 0 Å². The van der Waals surface area contributed by atoms with Crippen LogP contribution < -0.4 is 16.0 Å². The number of alkyl carbamates (subject to hydrolysis) is 1. The highest BCUT2D eigenvalue weighted by molar-refractivity contribution is 5.94. The van der Waals surface area contributed by atoms with Gasteiger partial charge in [-0.3, -0.25) is 9.59 Å². The van der Waals surface area contributed by atoms with E-state index in [1.165, 1.54) is 0 Å². The monoisotopic (exact) mass is 335 g/mol. The lowest BCUT2D eigenvalue weighted by Crippen LogP contribution is -2.33. The largest absolute Gasteiger partial charge is 0.444 e. The Hall–Kier alpha value is -2.57. The number of hydrogen-bond acceptors (Lipinski definition) is 4. The number of anilines is 1. The average Bonchev–Trinajstić information content (AvgIpc) is 2.50. The van der Waals surface area contributed by atoms with Gasteiger partial charge in [-0.05, 0) is 57.9 Å². The molecule has 0 aromatic heterocycles. The van der Waals surface area contributed by atoms with E-state index in [1.54, 1.807) is 24.3 Å². The van der Waals surface area contributed by atoms with E-state index >= 15 is 0 Å². The molecule has 0 radical (unpaired) electrons. The van der Waals surface area contributed by atoms with Crippen LogP contribution in [-0.4, -0.2) is 37.1 Å². The summed E-state index contributed by atoms with van der Waals surface area (Å²) in [6.45, 7) is 6.44. The van der Waals surface area contributed by atoms with Gasteiger partial charge < -0.3 is 20.7 Å². The Bertz CT molecular complexity index is 550. The fraction of sp³-hybridized carbons (Fsp3) is 0.471. The van der Waals surface area contributed by atoms with Crippen LogP contribution >= 0.6 is 0 Å². The summed E-state index contributed by atoms with van der Waals surface area (Å²) in [5.74, 6) is -0.173. The van der Waals surface area contributed by atoms with Gasteiger partial charge in [-0.25, -0.2) is 4.79 Å². The molecule has 0 aliphatic heterocycles. The minimum atomic E-state index is -0.505. The molecule has 3 amide bonds. The van der Waals surface area contributed by atoms with Crippen LogP contribution in [0.5, 0.6) is 0 Å². The van der Waals surface area contributed by atoms with E-state index in [-0.39, 0.29) is 5.91 Å². The number of hydrogen-bond donors (Lipinski definition) is 3. The standard InChI is InChI=1S/C17H25N3O4/c1-17(2,3)24-16(23)19-11-5-4-10-18-15(22)13-6-8-14(9-7-13)20-12-21/h6-9,12H,4-5,10-11H2,1-3H3,(H,18,22)(H,19,23)(H,20,21). The zero-order valence-electron chi connectivity index (χ0n) is 14.3. The first-order chi connectivity index (χ1) is 11.3. The van der Waals surface area contributed by atoms with Crippen molar-refractivity contribution in [1.29, 1.82) is 0 Å². The van der Waals surface area contributed by atoms with Gasteiger partial charge >= 0.3 is 6.09 Å². The molecule has 0 heterocycles. The number of nitrogens with one attached hydrogen (secondary N) is 3. The van der Waals surface area contributed by atoms with Crippen LogP contribution in [0.3, 0.4) is 0 Å². The van der Waals surface area contributed by atoms with E-state index in [0.717, 1.165) is 12.8 Å². The zero-order chi connectivity index (χ0) is 18.0. The van der Waals surface area contributed by atoms with E-state index in [2.05, 4.69) is 16.0 Å². The van der Waals surface area contributed by atoms with Crippen molar-refractivity contribution < 1.29 is 19.1 Å². The second-order valence-corrected chi connectivity index (χ2v) is 6.23. The summed E-state index contributed by atoms with van der Waals surface area (Å²) in [4.78, 5) is 33.7.